The molecule has 1 aromatic rings. The van der Waals surface area contributed by atoms with E-state index in [4.69, 9.17) is 5.11 Å². The summed E-state index contributed by atoms with van der Waals surface area (Å²) in [5.41, 5.74) is -1.24. The summed E-state index contributed by atoms with van der Waals surface area (Å²) in [6, 6.07) is 8.54. The van der Waals surface area contributed by atoms with Crippen LogP contribution >= 0.6 is 0 Å². The van der Waals surface area contributed by atoms with Crippen molar-refractivity contribution in [1.29, 1.82) is 0 Å². The number of hydrogen-bond donors (Lipinski definition) is 1. The lowest BCUT2D eigenvalue weighted by Gasteiger charge is -2.18. The van der Waals surface area contributed by atoms with Crippen molar-refractivity contribution in [2.24, 2.45) is 5.41 Å². The van der Waals surface area contributed by atoms with Crippen LogP contribution in [0.3, 0.4) is 0 Å². The Kier molecular flexibility index (Phi) is 2.26. The lowest BCUT2D eigenvalue weighted by atomic mass is 9.99. The van der Waals surface area contributed by atoms with Gasteiger partial charge in [0.1, 0.15) is 0 Å². The molecular weight excluding hydrogens is 205 g/mol. The third-order valence-electron chi connectivity index (χ3n) is 3.12. The van der Waals surface area contributed by atoms with Gasteiger partial charge < -0.3 is 5.11 Å². The molecule has 1 N–H and O–H groups in total. The minimum Gasteiger partial charge on any atom is -0.395 e. The molecule has 0 aliphatic heterocycles. The maximum absolute atomic E-state index is 12.7. The third-order valence-corrected chi connectivity index (χ3v) is 3.12. The van der Waals surface area contributed by atoms with Crippen LogP contribution in [0.5, 0.6) is 0 Å². The van der Waals surface area contributed by atoms with Gasteiger partial charge in [0.25, 0.3) is 0 Å². The van der Waals surface area contributed by atoms with Crippen LogP contribution < -0.4 is 0 Å². The Labute approximate surface area is 85.5 Å². The predicted octanol–water partition coefficient (Wildman–Crippen LogP) is 2.71. The molecule has 82 valence electrons. The first-order chi connectivity index (χ1) is 7.01. The molecule has 0 amide bonds. The van der Waals surface area contributed by atoms with Crippen molar-refractivity contribution in [2.75, 3.05) is 6.61 Å². The molecule has 0 saturated heterocycles. The second-order valence-corrected chi connectivity index (χ2v) is 3.98. The van der Waals surface area contributed by atoms with Gasteiger partial charge in [-0.15, -0.1) is 0 Å². The van der Waals surface area contributed by atoms with Crippen LogP contribution in [-0.4, -0.2) is 17.9 Å². The minimum atomic E-state index is -4.32. The molecule has 0 radical (unpaired) electrons. The number of halogens is 3. The second-order valence-electron chi connectivity index (χ2n) is 3.98. The van der Waals surface area contributed by atoms with Gasteiger partial charge >= 0.3 is 6.18 Å². The molecule has 1 nitrogen and oxygen atoms in total. The first-order valence-electron chi connectivity index (χ1n) is 4.74. The summed E-state index contributed by atoms with van der Waals surface area (Å²) in [4.78, 5) is 0. The van der Waals surface area contributed by atoms with E-state index in [1.54, 1.807) is 30.3 Å². The summed E-state index contributed by atoms with van der Waals surface area (Å²) in [6.45, 7) is -0.823. The molecule has 0 heterocycles. The Morgan fingerprint density at radius 2 is 1.87 bits per heavy atom. The Morgan fingerprint density at radius 1 is 1.27 bits per heavy atom. The molecule has 1 saturated carbocycles. The van der Waals surface area contributed by atoms with Crippen molar-refractivity contribution >= 4 is 0 Å². The predicted molar refractivity (Wildman–Crippen MR) is 49.4 cm³/mol. The van der Waals surface area contributed by atoms with Gasteiger partial charge in [-0.25, -0.2) is 0 Å². The molecule has 1 aromatic carbocycles. The summed E-state index contributed by atoms with van der Waals surface area (Å²) in [7, 11) is 0. The van der Waals surface area contributed by atoms with E-state index in [-0.39, 0.29) is 6.42 Å². The quantitative estimate of drug-likeness (QED) is 0.805. The van der Waals surface area contributed by atoms with Gasteiger partial charge in [-0.1, -0.05) is 30.3 Å². The first kappa shape index (κ1) is 10.5. The molecule has 0 spiro atoms. The molecule has 0 unspecified atom stereocenters. The summed E-state index contributed by atoms with van der Waals surface area (Å²) in [5, 5.41) is 8.90. The lowest BCUT2D eigenvalue weighted by Crippen LogP contribution is -2.29. The second kappa shape index (κ2) is 3.23. The highest BCUT2D eigenvalue weighted by Crippen LogP contribution is 2.66. The van der Waals surface area contributed by atoms with E-state index in [2.05, 4.69) is 0 Å². The van der Waals surface area contributed by atoms with Crippen molar-refractivity contribution in [3.05, 3.63) is 35.9 Å². The monoisotopic (exact) mass is 216 g/mol. The minimum absolute atomic E-state index is 0.00296. The van der Waals surface area contributed by atoms with Gasteiger partial charge in [0.15, 0.2) is 0 Å². The van der Waals surface area contributed by atoms with Crippen molar-refractivity contribution in [3.63, 3.8) is 0 Å². The van der Waals surface area contributed by atoms with E-state index in [1.165, 1.54) is 0 Å². The van der Waals surface area contributed by atoms with Gasteiger partial charge in [0.2, 0.25) is 0 Å². The first-order valence-corrected chi connectivity index (χ1v) is 4.74. The molecule has 4 heteroatoms. The van der Waals surface area contributed by atoms with Crippen molar-refractivity contribution in [2.45, 2.75) is 18.5 Å². The van der Waals surface area contributed by atoms with Crippen LogP contribution in [-0.2, 0) is 0 Å². The Balaban J connectivity index is 2.24. The summed E-state index contributed by atoms with van der Waals surface area (Å²) >= 11 is 0. The van der Waals surface area contributed by atoms with Crippen LogP contribution in [0.15, 0.2) is 30.3 Å². The van der Waals surface area contributed by atoms with Crippen molar-refractivity contribution in [1.82, 2.24) is 0 Å². The summed E-state index contributed by atoms with van der Waals surface area (Å²) in [6.07, 6.45) is -4.32. The SMILES string of the molecule is OC[C@]1(C(F)(F)F)C[C@@H]1c1ccccc1. The fourth-order valence-corrected chi connectivity index (χ4v) is 2.01. The molecular formula is C11H11F3O. The topological polar surface area (TPSA) is 20.2 Å². The Hall–Kier alpha value is -1.03. The van der Waals surface area contributed by atoms with Crippen LogP contribution in [0.4, 0.5) is 13.2 Å². The van der Waals surface area contributed by atoms with Crippen LogP contribution in [0.25, 0.3) is 0 Å². The molecule has 1 aliphatic rings. The molecule has 15 heavy (non-hydrogen) atoms. The van der Waals surface area contributed by atoms with Crippen LogP contribution in [0.1, 0.15) is 17.9 Å². The molecule has 1 aliphatic carbocycles. The molecule has 0 aromatic heterocycles. The van der Waals surface area contributed by atoms with E-state index in [9.17, 15) is 13.2 Å². The zero-order valence-corrected chi connectivity index (χ0v) is 7.96. The Bertz CT molecular complexity index is 347. The fourth-order valence-electron chi connectivity index (χ4n) is 2.01. The highest BCUT2D eigenvalue weighted by molar-refractivity contribution is 5.31. The number of aliphatic hydroxyl groups is 1. The normalized spacial score (nSPS) is 30.3. The number of benzene rings is 1. The molecule has 2 rings (SSSR count). The van der Waals surface area contributed by atoms with Gasteiger partial charge in [0, 0.05) is 5.92 Å². The third kappa shape index (κ3) is 1.53. The van der Waals surface area contributed by atoms with E-state index in [1.807, 2.05) is 0 Å². The maximum atomic E-state index is 12.7. The molecule has 0 bridgehead atoms. The highest BCUT2D eigenvalue weighted by atomic mass is 19.4. The average molecular weight is 216 g/mol. The van der Waals surface area contributed by atoms with Crippen LogP contribution in [0.2, 0.25) is 0 Å². The summed E-state index contributed by atoms with van der Waals surface area (Å²) in [5.74, 6) is -0.580. The number of rotatable bonds is 2. The lowest BCUT2D eigenvalue weighted by molar-refractivity contribution is -0.198. The number of alkyl halides is 3. The number of aliphatic hydroxyl groups excluding tert-OH is 1. The maximum Gasteiger partial charge on any atom is 0.397 e. The molecule has 2 atom stereocenters. The van der Waals surface area contributed by atoms with Crippen molar-refractivity contribution in [3.8, 4) is 0 Å². The zero-order chi connectivity index (χ0) is 11.1. The standard InChI is InChI=1S/C11H11F3O/c12-11(13,14)10(7-15)6-9(10)8-4-2-1-3-5-8/h1-5,9,15H,6-7H2/t9-,10-/m1/s1. The average Bonchev–Trinajstić information content (AvgIpc) is 2.94. The number of hydrogen-bond acceptors (Lipinski definition) is 1. The van der Waals surface area contributed by atoms with E-state index in [0.29, 0.717) is 5.56 Å². The smallest absolute Gasteiger partial charge is 0.395 e. The highest BCUT2D eigenvalue weighted by Gasteiger charge is 2.70. The van der Waals surface area contributed by atoms with Gasteiger partial charge in [0.05, 0.1) is 12.0 Å². The fraction of sp³-hybridized carbons (Fsp3) is 0.455. The zero-order valence-electron chi connectivity index (χ0n) is 7.96. The van der Waals surface area contributed by atoms with E-state index in [0.717, 1.165) is 0 Å². The van der Waals surface area contributed by atoms with Gasteiger partial charge in [-0.05, 0) is 12.0 Å². The summed E-state index contributed by atoms with van der Waals surface area (Å²) < 4.78 is 38.0. The largest absolute Gasteiger partial charge is 0.397 e. The van der Waals surface area contributed by atoms with Crippen LogP contribution in [0, 0.1) is 5.41 Å². The van der Waals surface area contributed by atoms with Gasteiger partial charge in [-0.3, -0.25) is 0 Å². The van der Waals surface area contributed by atoms with E-state index >= 15 is 0 Å². The molecule has 1 fully saturated rings. The van der Waals surface area contributed by atoms with E-state index < -0.39 is 24.1 Å². The van der Waals surface area contributed by atoms with Crippen molar-refractivity contribution < 1.29 is 18.3 Å². The Morgan fingerprint density at radius 3 is 2.27 bits per heavy atom. The van der Waals surface area contributed by atoms with Gasteiger partial charge in [-0.2, -0.15) is 13.2 Å².